The zero-order valence-corrected chi connectivity index (χ0v) is 15.9. The average molecular weight is 384 g/mol. The Bertz CT molecular complexity index is 840. The Morgan fingerprint density at radius 2 is 1.96 bits per heavy atom. The molecule has 2 aliphatic rings. The number of aromatic nitrogens is 1. The smallest absolute Gasteiger partial charge is 0.253 e. The van der Waals surface area contributed by atoms with E-state index in [0.717, 1.165) is 31.4 Å². The van der Waals surface area contributed by atoms with Crippen molar-refractivity contribution in [3.63, 3.8) is 0 Å². The van der Waals surface area contributed by atoms with Gasteiger partial charge in [0.1, 0.15) is 0 Å². The summed E-state index contributed by atoms with van der Waals surface area (Å²) in [5, 5.41) is 0.609. The van der Waals surface area contributed by atoms with Crippen LogP contribution >= 0.6 is 11.6 Å². The summed E-state index contributed by atoms with van der Waals surface area (Å²) in [4.78, 5) is 33.9. The summed E-state index contributed by atoms with van der Waals surface area (Å²) < 4.78 is 0. The fraction of sp³-hybridized carbons (Fsp3) is 0.381. The van der Waals surface area contributed by atoms with Crippen LogP contribution in [0.3, 0.4) is 0 Å². The first-order valence-electron chi connectivity index (χ1n) is 9.31. The lowest BCUT2D eigenvalue weighted by Gasteiger charge is -2.39. The molecule has 2 amide bonds. The van der Waals surface area contributed by atoms with E-state index in [1.54, 1.807) is 36.7 Å². The maximum absolute atomic E-state index is 13.3. The zero-order valence-electron chi connectivity index (χ0n) is 15.1. The highest BCUT2D eigenvalue weighted by molar-refractivity contribution is 6.30. The first-order chi connectivity index (χ1) is 13.1. The standard InChI is InChI=1S/C21H22ClN3O2/c22-18-6-4-17(5-7-18)19(26)25-12-9-21(15-25)8-2-11-24(20(21)27)14-16-3-1-10-23-13-16/h1,3-7,10,13H,2,8-9,11-12,14-15H2/t21-/m0/s1. The maximum Gasteiger partial charge on any atom is 0.253 e. The number of pyridine rings is 1. The van der Waals surface area contributed by atoms with Crippen LogP contribution in [-0.2, 0) is 11.3 Å². The minimum Gasteiger partial charge on any atom is -0.338 e. The molecule has 0 bridgehead atoms. The highest BCUT2D eigenvalue weighted by Gasteiger charge is 2.49. The van der Waals surface area contributed by atoms with Crippen LogP contribution in [0.5, 0.6) is 0 Å². The molecule has 0 aliphatic carbocycles. The quantitative estimate of drug-likeness (QED) is 0.816. The van der Waals surface area contributed by atoms with Gasteiger partial charge in [-0.1, -0.05) is 17.7 Å². The van der Waals surface area contributed by atoms with E-state index in [1.165, 1.54) is 0 Å². The summed E-state index contributed by atoms with van der Waals surface area (Å²) in [6, 6.07) is 10.8. The molecule has 0 radical (unpaired) electrons. The summed E-state index contributed by atoms with van der Waals surface area (Å²) in [6.45, 7) is 2.46. The van der Waals surface area contributed by atoms with Crippen molar-refractivity contribution in [2.24, 2.45) is 5.41 Å². The lowest BCUT2D eigenvalue weighted by atomic mass is 9.78. The molecule has 2 saturated heterocycles. The van der Waals surface area contributed by atoms with Crippen molar-refractivity contribution in [1.29, 1.82) is 0 Å². The van der Waals surface area contributed by atoms with Crippen molar-refractivity contribution >= 4 is 23.4 Å². The molecule has 1 aromatic heterocycles. The van der Waals surface area contributed by atoms with Crippen LogP contribution in [0, 0.1) is 5.41 Å². The number of rotatable bonds is 3. The summed E-state index contributed by atoms with van der Waals surface area (Å²) in [5.74, 6) is 0.143. The minimum absolute atomic E-state index is 0.0271. The van der Waals surface area contributed by atoms with Crippen LogP contribution in [0.15, 0.2) is 48.8 Å². The van der Waals surface area contributed by atoms with E-state index in [2.05, 4.69) is 4.98 Å². The molecule has 1 aromatic carbocycles. The predicted molar refractivity (Wildman–Crippen MR) is 103 cm³/mol. The Balaban J connectivity index is 1.47. The van der Waals surface area contributed by atoms with Crippen molar-refractivity contribution in [2.45, 2.75) is 25.8 Å². The molecule has 4 rings (SSSR count). The van der Waals surface area contributed by atoms with Gasteiger partial charge < -0.3 is 9.80 Å². The van der Waals surface area contributed by atoms with Crippen LogP contribution in [0.25, 0.3) is 0 Å². The van der Waals surface area contributed by atoms with Gasteiger partial charge >= 0.3 is 0 Å². The van der Waals surface area contributed by atoms with Crippen molar-refractivity contribution in [3.8, 4) is 0 Å². The van der Waals surface area contributed by atoms with E-state index in [9.17, 15) is 9.59 Å². The molecule has 2 aromatic rings. The van der Waals surface area contributed by atoms with Crippen molar-refractivity contribution < 1.29 is 9.59 Å². The van der Waals surface area contributed by atoms with E-state index in [1.807, 2.05) is 21.9 Å². The van der Waals surface area contributed by atoms with E-state index in [4.69, 9.17) is 11.6 Å². The number of carbonyl (C=O) groups is 2. The topological polar surface area (TPSA) is 53.5 Å². The predicted octanol–water partition coefficient (Wildman–Crippen LogP) is 3.39. The number of carbonyl (C=O) groups excluding carboxylic acids is 2. The molecular weight excluding hydrogens is 362 g/mol. The summed E-state index contributed by atoms with van der Waals surface area (Å²) in [6.07, 6.45) is 6.09. The lowest BCUT2D eigenvalue weighted by molar-refractivity contribution is -0.146. The fourth-order valence-electron chi connectivity index (χ4n) is 4.21. The maximum atomic E-state index is 13.3. The van der Waals surface area contributed by atoms with E-state index in [-0.39, 0.29) is 11.8 Å². The zero-order chi connectivity index (χ0) is 18.9. The number of hydrogen-bond acceptors (Lipinski definition) is 3. The third-order valence-electron chi connectivity index (χ3n) is 5.65. The van der Waals surface area contributed by atoms with Crippen LogP contribution in [-0.4, -0.2) is 46.2 Å². The van der Waals surface area contributed by atoms with E-state index < -0.39 is 5.41 Å². The molecular formula is C21H22ClN3O2. The van der Waals surface area contributed by atoms with E-state index in [0.29, 0.717) is 30.2 Å². The third kappa shape index (κ3) is 3.56. The number of nitrogens with zero attached hydrogens (tertiary/aromatic N) is 3. The first-order valence-corrected chi connectivity index (χ1v) is 9.68. The van der Waals surface area contributed by atoms with E-state index >= 15 is 0 Å². The van der Waals surface area contributed by atoms with Crippen LogP contribution < -0.4 is 0 Å². The van der Waals surface area contributed by atoms with Gasteiger partial charge in [-0.2, -0.15) is 0 Å². The Labute approximate surface area is 163 Å². The second-order valence-electron chi connectivity index (χ2n) is 7.46. The van der Waals surface area contributed by atoms with Gasteiger partial charge in [-0.3, -0.25) is 14.6 Å². The molecule has 5 nitrogen and oxygen atoms in total. The lowest BCUT2D eigenvalue weighted by Crippen LogP contribution is -2.50. The van der Waals surface area contributed by atoms with Crippen molar-refractivity contribution in [2.75, 3.05) is 19.6 Å². The highest BCUT2D eigenvalue weighted by Crippen LogP contribution is 2.41. The van der Waals surface area contributed by atoms with Gasteiger partial charge in [-0.25, -0.2) is 0 Å². The molecule has 2 aliphatic heterocycles. The minimum atomic E-state index is -0.442. The Hall–Kier alpha value is -2.40. The number of piperidine rings is 1. The van der Waals surface area contributed by atoms with Gasteiger partial charge in [-0.05, 0) is 55.2 Å². The highest BCUT2D eigenvalue weighted by atomic mass is 35.5. The van der Waals surface area contributed by atoms with Gasteiger partial charge in [0.05, 0.1) is 5.41 Å². The Kier molecular flexibility index (Phi) is 4.87. The molecule has 0 saturated carbocycles. The molecule has 27 heavy (non-hydrogen) atoms. The Morgan fingerprint density at radius 1 is 1.15 bits per heavy atom. The van der Waals surface area contributed by atoms with Crippen LogP contribution in [0.2, 0.25) is 5.02 Å². The molecule has 6 heteroatoms. The van der Waals surface area contributed by atoms with Crippen molar-refractivity contribution in [3.05, 3.63) is 64.9 Å². The fourth-order valence-corrected chi connectivity index (χ4v) is 4.34. The number of halogens is 1. The molecule has 140 valence electrons. The Morgan fingerprint density at radius 3 is 2.70 bits per heavy atom. The number of amides is 2. The molecule has 1 spiro atoms. The summed E-state index contributed by atoms with van der Waals surface area (Å²) in [5.41, 5.74) is 1.21. The molecule has 0 unspecified atom stereocenters. The normalized spacial score (nSPS) is 22.5. The third-order valence-corrected chi connectivity index (χ3v) is 5.90. The van der Waals surface area contributed by atoms with Crippen molar-refractivity contribution in [1.82, 2.24) is 14.8 Å². The second kappa shape index (κ2) is 7.31. The van der Waals surface area contributed by atoms with Gasteiger partial charge in [0, 0.05) is 49.2 Å². The molecule has 2 fully saturated rings. The monoisotopic (exact) mass is 383 g/mol. The molecule has 1 atom stereocenters. The number of likely N-dealkylation sites (tertiary alicyclic amines) is 2. The summed E-state index contributed by atoms with van der Waals surface area (Å²) >= 11 is 5.91. The van der Waals surface area contributed by atoms with Crippen LogP contribution in [0.1, 0.15) is 35.2 Å². The first kappa shape index (κ1) is 18.0. The van der Waals surface area contributed by atoms with Gasteiger partial charge in [0.25, 0.3) is 5.91 Å². The van der Waals surface area contributed by atoms with Gasteiger partial charge in [-0.15, -0.1) is 0 Å². The molecule has 3 heterocycles. The van der Waals surface area contributed by atoms with Gasteiger partial charge in [0.2, 0.25) is 5.91 Å². The van der Waals surface area contributed by atoms with Gasteiger partial charge in [0.15, 0.2) is 0 Å². The van der Waals surface area contributed by atoms with Crippen LogP contribution in [0.4, 0.5) is 0 Å². The number of benzene rings is 1. The SMILES string of the molecule is O=C(c1ccc(Cl)cc1)N1CC[C@@]2(CCCN(Cc3cccnc3)C2=O)C1. The average Bonchev–Trinajstić information content (AvgIpc) is 3.12. The molecule has 0 N–H and O–H groups in total. The second-order valence-corrected chi connectivity index (χ2v) is 7.89. The summed E-state index contributed by atoms with van der Waals surface area (Å²) in [7, 11) is 0. The number of hydrogen-bond donors (Lipinski definition) is 0. The largest absolute Gasteiger partial charge is 0.338 e.